The number of carbonyl (C=O) groups excluding carboxylic acids is 3. The number of carbonyl (C=O) groups is 3. The van der Waals surface area contributed by atoms with Crippen molar-refractivity contribution in [1.82, 2.24) is 4.98 Å². The lowest BCUT2D eigenvalue weighted by Gasteiger charge is -2.23. The van der Waals surface area contributed by atoms with E-state index in [1.807, 2.05) is 0 Å². The predicted octanol–water partition coefficient (Wildman–Crippen LogP) is 5.88. The first kappa shape index (κ1) is 28.0. The van der Waals surface area contributed by atoms with E-state index < -0.39 is 35.3 Å². The van der Waals surface area contributed by atoms with Gasteiger partial charge in [-0.1, -0.05) is 48.9 Å². The Morgan fingerprint density at radius 1 is 1.13 bits per heavy atom. The fourth-order valence-corrected chi connectivity index (χ4v) is 5.18. The molecule has 0 saturated carbocycles. The summed E-state index contributed by atoms with van der Waals surface area (Å²) >= 11 is 0.918. The molecular formula is C29H29FN2O6S. The summed E-state index contributed by atoms with van der Waals surface area (Å²) in [5, 5.41) is 11.3. The Kier molecular flexibility index (Phi) is 8.44. The van der Waals surface area contributed by atoms with Crippen molar-refractivity contribution in [2.45, 2.75) is 46.6 Å². The maximum atomic E-state index is 14.4. The summed E-state index contributed by atoms with van der Waals surface area (Å²) in [6.45, 7) is 7.63. The number of amides is 1. The zero-order valence-corrected chi connectivity index (χ0v) is 22.9. The number of aliphatic hydroxyl groups is 1. The minimum atomic E-state index is -1.08. The summed E-state index contributed by atoms with van der Waals surface area (Å²) in [7, 11) is 0. The Balaban J connectivity index is 1.85. The Labute approximate surface area is 229 Å². The van der Waals surface area contributed by atoms with Crippen molar-refractivity contribution in [3.63, 3.8) is 0 Å². The number of unbranched alkanes of at least 4 members (excludes halogenated alkanes) is 1. The van der Waals surface area contributed by atoms with Gasteiger partial charge in [-0.2, -0.15) is 0 Å². The fraction of sp³-hybridized carbons (Fsp3) is 0.310. The van der Waals surface area contributed by atoms with Crippen LogP contribution in [0.4, 0.5) is 9.52 Å². The van der Waals surface area contributed by atoms with Gasteiger partial charge in [-0.25, -0.2) is 14.2 Å². The minimum Gasteiger partial charge on any atom is -0.507 e. The molecule has 1 atom stereocenters. The highest BCUT2D eigenvalue weighted by Gasteiger charge is 2.48. The zero-order valence-electron chi connectivity index (χ0n) is 22.1. The third kappa shape index (κ3) is 5.56. The predicted molar refractivity (Wildman–Crippen MR) is 146 cm³/mol. The van der Waals surface area contributed by atoms with Crippen molar-refractivity contribution in [3.05, 3.63) is 81.1 Å². The van der Waals surface area contributed by atoms with E-state index in [4.69, 9.17) is 9.47 Å². The fourth-order valence-electron chi connectivity index (χ4n) is 4.19. The molecule has 1 N–H and O–H groups in total. The van der Waals surface area contributed by atoms with Gasteiger partial charge < -0.3 is 14.6 Å². The first-order chi connectivity index (χ1) is 18.7. The van der Waals surface area contributed by atoms with Crippen molar-refractivity contribution >= 4 is 39.9 Å². The monoisotopic (exact) mass is 552 g/mol. The molecular weight excluding hydrogens is 523 g/mol. The van der Waals surface area contributed by atoms with Crippen LogP contribution in [0.1, 0.15) is 64.8 Å². The Bertz CT molecular complexity index is 1450. The average Bonchev–Trinajstić information content (AvgIpc) is 3.42. The first-order valence-corrected chi connectivity index (χ1v) is 13.4. The van der Waals surface area contributed by atoms with Crippen LogP contribution in [0.5, 0.6) is 5.75 Å². The van der Waals surface area contributed by atoms with Crippen LogP contribution in [-0.2, 0) is 14.3 Å². The van der Waals surface area contributed by atoms with Gasteiger partial charge in [-0.3, -0.25) is 14.5 Å². The smallest absolute Gasteiger partial charge is 0.350 e. The van der Waals surface area contributed by atoms with Gasteiger partial charge in [0.05, 0.1) is 30.5 Å². The minimum absolute atomic E-state index is 0.0585. The standard InChI is InChI=1S/C29H29FN2O6S/c1-5-7-14-38-20-12-10-18(11-13-20)23-22(24(33)19-9-8-16(3)21(30)15-19)25(34)27(35)32(23)29-31-17(4)26(39-29)28(36)37-6-2/h8-13,15,23,33H,5-7,14H2,1-4H3/b24-22+. The van der Waals surface area contributed by atoms with E-state index in [2.05, 4.69) is 11.9 Å². The van der Waals surface area contributed by atoms with E-state index >= 15 is 0 Å². The van der Waals surface area contributed by atoms with E-state index in [9.17, 15) is 23.9 Å². The van der Waals surface area contributed by atoms with Gasteiger partial charge in [-0.05, 0) is 56.5 Å². The number of hydrogen-bond acceptors (Lipinski definition) is 8. The molecule has 10 heteroatoms. The summed E-state index contributed by atoms with van der Waals surface area (Å²) in [5.74, 6) is -2.93. The van der Waals surface area contributed by atoms with Gasteiger partial charge in [-0.15, -0.1) is 0 Å². The lowest BCUT2D eigenvalue weighted by Crippen LogP contribution is -2.29. The van der Waals surface area contributed by atoms with Crippen LogP contribution in [0.25, 0.3) is 5.76 Å². The van der Waals surface area contributed by atoms with E-state index in [0.29, 0.717) is 29.2 Å². The number of esters is 1. The van der Waals surface area contributed by atoms with Gasteiger partial charge in [0.1, 0.15) is 22.2 Å². The van der Waals surface area contributed by atoms with E-state index in [-0.39, 0.29) is 27.8 Å². The molecule has 0 aliphatic carbocycles. The Hall–Kier alpha value is -4.05. The van der Waals surface area contributed by atoms with Gasteiger partial charge in [0.25, 0.3) is 5.78 Å². The maximum Gasteiger partial charge on any atom is 0.350 e. The molecule has 8 nitrogen and oxygen atoms in total. The molecule has 0 spiro atoms. The number of hydrogen-bond donors (Lipinski definition) is 1. The molecule has 1 saturated heterocycles. The number of thiazole rings is 1. The number of nitrogens with zero attached hydrogens (tertiary/aromatic N) is 2. The second kappa shape index (κ2) is 11.8. The highest BCUT2D eigenvalue weighted by molar-refractivity contribution is 7.17. The number of anilines is 1. The second-order valence-corrected chi connectivity index (χ2v) is 10.0. The summed E-state index contributed by atoms with van der Waals surface area (Å²) in [6.07, 6.45) is 1.87. The third-order valence-electron chi connectivity index (χ3n) is 6.30. The SMILES string of the molecule is CCCCOc1ccc(C2/C(=C(\O)c3ccc(C)c(F)c3)C(=O)C(=O)N2c2nc(C)c(C(=O)OCC)s2)cc1. The Morgan fingerprint density at radius 2 is 1.85 bits per heavy atom. The summed E-state index contributed by atoms with van der Waals surface area (Å²) < 4.78 is 25.2. The van der Waals surface area contributed by atoms with Crippen LogP contribution in [0.2, 0.25) is 0 Å². The molecule has 4 rings (SSSR count). The molecule has 1 fully saturated rings. The van der Waals surface area contributed by atoms with Crippen molar-refractivity contribution in [2.75, 3.05) is 18.1 Å². The van der Waals surface area contributed by atoms with Gasteiger partial charge in [0, 0.05) is 5.56 Å². The van der Waals surface area contributed by atoms with Crippen molar-refractivity contribution in [3.8, 4) is 5.75 Å². The van der Waals surface area contributed by atoms with Gasteiger partial charge in [0.15, 0.2) is 5.13 Å². The first-order valence-electron chi connectivity index (χ1n) is 12.6. The maximum absolute atomic E-state index is 14.4. The molecule has 2 heterocycles. The van der Waals surface area contributed by atoms with E-state index in [1.165, 1.54) is 12.1 Å². The highest BCUT2D eigenvalue weighted by atomic mass is 32.1. The normalized spacial score (nSPS) is 16.5. The number of halogens is 1. The molecule has 0 radical (unpaired) electrons. The van der Waals surface area contributed by atoms with Crippen LogP contribution in [0.15, 0.2) is 48.0 Å². The lowest BCUT2D eigenvalue weighted by molar-refractivity contribution is -0.132. The molecule has 204 valence electrons. The highest BCUT2D eigenvalue weighted by Crippen LogP contribution is 2.44. The number of ketones is 1. The molecule has 1 aromatic heterocycles. The number of Topliss-reactive ketones (excluding diaryl/α,β-unsaturated/α-hetero) is 1. The summed E-state index contributed by atoms with van der Waals surface area (Å²) in [4.78, 5) is 45.0. The van der Waals surface area contributed by atoms with Crippen LogP contribution in [-0.4, -0.2) is 41.0 Å². The molecule has 2 aromatic carbocycles. The number of aromatic nitrogens is 1. The number of rotatable bonds is 9. The van der Waals surface area contributed by atoms with Crippen LogP contribution in [0.3, 0.4) is 0 Å². The quantitative estimate of drug-likeness (QED) is 0.116. The van der Waals surface area contributed by atoms with Crippen molar-refractivity contribution < 1.29 is 33.4 Å². The largest absolute Gasteiger partial charge is 0.507 e. The van der Waals surface area contributed by atoms with E-state index in [0.717, 1.165) is 35.1 Å². The van der Waals surface area contributed by atoms with Crippen molar-refractivity contribution in [2.24, 2.45) is 0 Å². The molecule has 1 unspecified atom stereocenters. The van der Waals surface area contributed by atoms with E-state index in [1.54, 1.807) is 45.0 Å². The number of ether oxygens (including phenoxy) is 2. The van der Waals surface area contributed by atoms with Crippen molar-refractivity contribution in [1.29, 1.82) is 0 Å². The third-order valence-corrected chi connectivity index (χ3v) is 7.44. The average molecular weight is 553 g/mol. The van der Waals surface area contributed by atoms with Gasteiger partial charge >= 0.3 is 11.9 Å². The molecule has 39 heavy (non-hydrogen) atoms. The topological polar surface area (TPSA) is 106 Å². The molecule has 1 aliphatic heterocycles. The number of benzene rings is 2. The molecule has 0 bridgehead atoms. The molecule has 1 aliphatic rings. The lowest BCUT2D eigenvalue weighted by atomic mass is 9.95. The summed E-state index contributed by atoms with van der Waals surface area (Å²) in [5.41, 5.74) is 1.05. The van der Waals surface area contributed by atoms with Crippen LogP contribution >= 0.6 is 11.3 Å². The second-order valence-electron chi connectivity index (χ2n) is 9.04. The number of aliphatic hydroxyl groups excluding tert-OH is 1. The summed E-state index contributed by atoms with van der Waals surface area (Å²) in [6, 6.07) is 9.82. The van der Waals surface area contributed by atoms with Crippen LogP contribution in [0, 0.1) is 19.7 Å². The Morgan fingerprint density at radius 3 is 2.49 bits per heavy atom. The molecule has 1 amide bonds. The zero-order chi connectivity index (χ0) is 28.3. The number of aryl methyl sites for hydroxylation is 2. The molecule has 3 aromatic rings. The van der Waals surface area contributed by atoms with Gasteiger partial charge in [0.2, 0.25) is 0 Å². The van der Waals surface area contributed by atoms with Crippen LogP contribution < -0.4 is 9.64 Å².